The number of carbonyl (C=O) groups excluding carboxylic acids is 1. The highest BCUT2D eigenvalue weighted by Crippen LogP contribution is 2.22. The van der Waals surface area contributed by atoms with Crippen LogP contribution in [0.2, 0.25) is 0 Å². The van der Waals surface area contributed by atoms with Crippen LogP contribution in [0, 0.1) is 13.8 Å². The summed E-state index contributed by atoms with van der Waals surface area (Å²) in [5.41, 5.74) is 5.51. The maximum Gasteiger partial charge on any atom is 0.251 e. The highest BCUT2D eigenvalue weighted by Gasteiger charge is 2.19. The van der Waals surface area contributed by atoms with E-state index in [2.05, 4.69) is 30.4 Å². The van der Waals surface area contributed by atoms with Crippen molar-refractivity contribution < 1.29 is 13.2 Å². The van der Waals surface area contributed by atoms with Crippen LogP contribution in [0.15, 0.2) is 72.8 Å². The Morgan fingerprint density at radius 3 is 2.31 bits per heavy atom. The number of carbonyl (C=O) groups is 1. The molecule has 32 heavy (non-hydrogen) atoms. The van der Waals surface area contributed by atoms with Gasteiger partial charge in [0.15, 0.2) is 0 Å². The molecule has 3 aromatic carbocycles. The van der Waals surface area contributed by atoms with Crippen LogP contribution < -0.4 is 9.62 Å². The number of anilines is 1. The Kier molecular flexibility index (Phi) is 7.70. The third-order valence-corrected chi connectivity index (χ3v) is 6.54. The normalized spacial score (nSPS) is 11.2. The molecule has 0 aliphatic carbocycles. The van der Waals surface area contributed by atoms with Gasteiger partial charge in [0.2, 0.25) is 10.0 Å². The second kappa shape index (κ2) is 10.5. The Hall–Kier alpha value is -3.12. The molecule has 3 aromatic rings. The summed E-state index contributed by atoms with van der Waals surface area (Å²) >= 11 is 0. The number of benzene rings is 3. The minimum absolute atomic E-state index is 0.161. The lowest BCUT2D eigenvalue weighted by Gasteiger charge is -2.23. The Bertz CT molecular complexity index is 1170. The first-order chi connectivity index (χ1) is 15.2. The van der Waals surface area contributed by atoms with E-state index >= 15 is 0 Å². The molecule has 0 radical (unpaired) electrons. The number of hydrogen-bond donors (Lipinski definition) is 1. The second-order valence-electron chi connectivity index (χ2n) is 8.09. The average Bonchev–Trinajstić information content (AvgIpc) is 2.75. The first kappa shape index (κ1) is 23.5. The summed E-state index contributed by atoms with van der Waals surface area (Å²) in [5.74, 6) is -0.161. The van der Waals surface area contributed by atoms with Crippen molar-refractivity contribution in [2.75, 3.05) is 17.1 Å². The smallest absolute Gasteiger partial charge is 0.251 e. The van der Waals surface area contributed by atoms with Gasteiger partial charge in [0.25, 0.3) is 5.91 Å². The fourth-order valence-electron chi connectivity index (χ4n) is 3.59. The van der Waals surface area contributed by atoms with E-state index in [4.69, 9.17) is 0 Å². The molecule has 6 heteroatoms. The van der Waals surface area contributed by atoms with Crippen LogP contribution in [0.5, 0.6) is 0 Å². The van der Waals surface area contributed by atoms with Crippen LogP contribution in [-0.2, 0) is 23.0 Å². The van der Waals surface area contributed by atoms with Gasteiger partial charge >= 0.3 is 0 Å². The van der Waals surface area contributed by atoms with Crippen molar-refractivity contribution >= 4 is 21.6 Å². The SMILES string of the molecule is Cc1cccc(CCCNC(=O)c2ccc(N(Cc3ccccc3C)S(C)(=O)=O)cc2)c1. The van der Waals surface area contributed by atoms with Gasteiger partial charge in [0.05, 0.1) is 18.5 Å². The predicted molar refractivity (Wildman–Crippen MR) is 130 cm³/mol. The molecule has 0 saturated carbocycles. The van der Waals surface area contributed by atoms with E-state index in [-0.39, 0.29) is 12.5 Å². The van der Waals surface area contributed by atoms with Crippen LogP contribution >= 0.6 is 0 Å². The fourth-order valence-corrected chi connectivity index (χ4v) is 4.46. The van der Waals surface area contributed by atoms with Gasteiger partial charge < -0.3 is 5.32 Å². The molecule has 1 amide bonds. The van der Waals surface area contributed by atoms with Gasteiger partial charge in [-0.25, -0.2) is 8.42 Å². The van der Waals surface area contributed by atoms with E-state index in [1.165, 1.54) is 21.7 Å². The largest absolute Gasteiger partial charge is 0.352 e. The van der Waals surface area contributed by atoms with Crippen LogP contribution in [0.4, 0.5) is 5.69 Å². The Labute approximate surface area is 191 Å². The quantitative estimate of drug-likeness (QED) is 0.483. The van der Waals surface area contributed by atoms with Crippen molar-refractivity contribution in [3.8, 4) is 0 Å². The standard InChI is InChI=1S/C26H30N2O3S/c1-20-8-6-10-22(18-20)11-7-17-27-26(29)23-13-15-25(16-14-23)28(32(3,30)31)19-24-12-5-4-9-21(24)2/h4-6,8-10,12-16,18H,7,11,17,19H2,1-3H3,(H,27,29). The van der Waals surface area contributed by atoms with Crippen molar-refractivity contribution in [3.63, 3.8) is 0 Å². The molecule has 0 spiro atoms. The number of nitrogens with one attached hydrogen (secondary N) is 1. The summed E-state index contributed by atoms with van der Waals surface area (Å²) in [6.07, 6.45) is 2.95. The average molecular weight is 451 g/mol. The second-order valence-corrected chi connectivity index (χ2v) is 10.00. The van der Waals surface area contributed by atoms with Gasteiger partial charge in [0, 0.05) is 12.1 Å². The Balaban J connectivity index is 1.61. The van der Waals surface area contributed by atoms with Crippen molar-refractivity contribution in [1.82, 2.24) is 5.32 Å². The zero-order chi connectivity index (χ0) is 23.1. The lowest BCUT2D eigenvalue weighted by Crippen LogP contribution is -2.30. The van der Waals surface area contributed by atoms with Gasteiger partial charge in [-0.1, -0.05) is 54.1 Å². The summed E-state index contributed by atoms with van der Waals surface area (Å²) in [4.78, 5) is 12.5. The highest BCUT2D eigenvalue weighted by atomic mass is 32.2. The van der Waals surface area contributed by atoms with Gasteiger partial charge in [0.1, 0.15) is 0 Å². The predicted octanol–water partition coefficient (Wildman–Crippen LogP) is 4.63. The molecule has 0 fully saturated rings. The molecule has 3 rings (SSSR count). The zero-order valence-corrected chi connectivity index (χ0v) is 19.7. The Morgan fingerprint density at radius 2 is 1.66 bits per heavy atom. The van der Waals surface area contributed by atoms with Gasteiger partial charge in [-0.2, -0.15) is 0 Å². The molecule has 168 valence electrons. The van der Waals surface area contributed by atoms with Gasteiger partial charge in [-0.15, -0.1) is 0 Å². The molecule has 0 unspecified atom stereocenters. The van der Waals surface area contributed by atoms with E-state index in [0.717, 1.165) is 24.0 Å². The van der Waals surface area contributed by atoms with E-state index in [1.807, 2.05) is 37.3 Å². The van der Waals surface area contributed by atoms with Crippen LogP contribution in [-0.4, -0.2) is 27.1 Å². The van der Waals surface area contributed by atoms with Crippen molar-refractivity contribution in [2.24, 2.45) is 0 Å². The lowest BCUT2D eigenvalue weighted by atomic mass is 10.1. The topological polar surface area (TPSA) is 66.5 Å². The summed E-state index contributed by atoms with van der Waals surface area (Å²) in [5, 5.41) is 2.94. The molecule has 0 bridgehead atoms. The third-order valence-electron chi connectivity index (χ3n) is 5.40. The van der Waals surface area contributed by atoms with Crippen molar-refractivity contribution in [1.29, 1.82) is 0 Å². The number of sulfonamides is 1. The Morgan fingerprint density at radius 1 is 0.938 bits per heavy atom. The maximum atomic E-state index is 12.5. The molecule has 0 aliphatic rings. The molecular formula is C26H30N2O3S. The molecule has 5 nitrogen and oxygen atoms in total. The van der Waals surface area contributed by atoms with Crippen LogP contribution in [0.25, 0.3) is 0 Å². The molecule has 0 saturated heterocycles. The fraction of sp³-hybridized carbons (Fsp3) is 0.269. The van der Waals surface area contributed by atoms with Crippen molar-refractivity contribution in [2.45, 2.75) is 33.2 Å². The van der Waals surface area contributed by atoms with Crippen LogP contribution in [0.1, 0.15) is 39.0 Å². The van der Waals surface area contributed by atoms with E-state index in [0.29, 0.717) is 17.8 Å². The highest BCUT2D eigenvalue weighted by molar-refractivity contribution is 7.92. The first-order valence-corrected chi connectivity index (χ1v) is 12.5. The molecule has 0 atom stereocenters. The first-order valence-electron chi connectivity index (χ1n) is 10.7. The number of aryl methyl sites for hydroxylation is 3. The summed E-state index contributed by atoms with van der Waals surface area (Å²) in [6, 6.07) is 22.8. The minimum Gasteiger partial charge on any atom is -0.352 e. The molecule has 0 heterocycles. The van der Waals surface area contributed by atoms with E-state index < -0.39 is 10.0 Å². The number of amides is 1. The summed E-state index contributed by atoms with van der Waals surface area (Å²) in [6.45, 7) is 4.86. The summed E-state index contributed by atoms with van der Waals surface area (Å²) in [7, 11) is -3.48. The van der Waals surface area contributed by atoms with Crippen LogP contribution in [0.3, 0.4) is 0 Å². The molecule has 0 aliphatic heterocycles. The number of hydrogen-bond acceptors (Lipinski definition) is 3. The lowest BCUT2D eigenvalue weighted by molar-refractivity contribution is 0.0953. The van der Waals surface area contributed by atoms with E-state index in [1.54, 1.807) is 24.3 Å². The number of nitrogens with zero attached hydrogens (tertiary/aromatic N) is 1. The maximum absolute atomic E-state index is 12.5. The zero-order valence-electron chi connectivity index (χ0n) is 18.8. The van der Waals surface area contributed by atoms with Gasteiger partial charge in [-0.05, 0) is 67.6 Å². The minimum atomic E-state index is -3.48. The number of rotatable bonds is 9. The van der Waals surface area contributed by atoms with E-state index in [9.17, 15) is 13.2 Å². The monoisotopic (exact) mass is 450 g/mol. The molecule has 1 N–H and O–H groups in total. The van der Waals surface area contributed by atoms with Gasteiger partial charge in [-0.3, -0.25) is 9.10 Å². The van der Waals surface area contributed by atoms with Crippen molar-refractivity contribution in [3.05, 3.63) is 101 Å². The third kappa shape index (κ3) is 6.44. The summed E-state index contributed by atoms with van der Waals surface area (Å²) < 4.78 is 26.2. The molecular weight excluding hydrogens is 420 g/mol. The molecule has 0 aromatic heterocycles.